The molecule has 1 aliphatic rings. The second-order valence-electron chi connectivity index (χ2n) is 8.74. The predicted molar refractivity (Wildman–Crippen MR) is 131 cm³/mol. The van der Waals surface area contributed by atoms with Gasteiger partial charge in [0.1, 0.15) is 23.4 Å². The Morgan fingerprint density at radius 3 is 2.69 bits per heavy atom. The molecule has 1 fully saturated rings. The molecule has 6 rings (SSSR count). The van der Waals surface area contributed by atoms with Gasteiger partial charge in [-0.1, -0.05) is 18.2 Å². The maximum absolute atomic E-state index is 11.2. The van der Waals surface area contributed by atoms with Crippen LogP contribution in [0.25, 0.3) is 33.4 Å². The van der Waals surface area contributed by atoms with Crippen molar-refractivity contribution in [3.8, 4) is 11.3 Å². The number of anilines is 3. The summed E-state index contributed by atoms with van der Waals surface area (Å²) in [4.78, 5) is 25.6. The van der Waals surface area contributed by atoms with Gasteiger partial charge in [0.25, 0.3) is 6.01 Å². The molecular weight excluding hydrogens is 448 g/mol. The zero-order valence-electron chi connectivity index (χ0n) is 19.1. The molecule has 5 aromatic rings. The monoisotopic (exact) mass is 470 g/mol. The van der Waals surface area contributed by atoms with Gasteiger partial charge in [-0.15, -0.1) is 0 Å². The molecule has 4 N–H and O–H groups in total. The second kappa shape index (κ2) is 7.69. The Kier molecular flexibility index (Phi) is 4.59. The summed E-state index contributed by atoms with van der Waals surface area (Å²) in [5.74, 6) is 0.324. The van der Waals surface area contributed by atoms with Crippen LogP contribution in [-0.4, -0.2) is 53.9 Å². The van der Waals surface area contributed by atoms with Crippen LogP contribution in [0.2, 0.25) is 0 Å². The van der Waals surface area contributed by atoms with Crippen LogP contribution in [0.15, 0.2) is 47.1 Å². The van der Waals surface area contributed by atoms with E-state index in [0.29, 0.717) is 41.6 Å². The van der Waals surface area contributed by atoms with E-state index in [1.807, 2.05) is 44.2 Å². The van der Waals surface area contributed by atoms with E-state index in [2.05, 4.69) is 26.3 Å². The van der Waals surface area contributed by atoms with E-state index < -0.39 is 6.09 Å². The minimum Gasteiger partial charge on any atom is -0.465 e. The normalized spacial score (nSPS) is 13.9. The second-order valence-corrected chi connectivity index (χ2v) is 8.74. The Bertz CT molecular complexity index is 1600. The number of hydrogen-bond donors (Lipinski definition) is 3. The minimum atomic E-state index is -0.945. The van der Waals surface area contributed by atoms with Crippen molar-refractivity contribution in [1.29, 1.82) is 0 Å². The molecule has 0 aliphatic carbocycles. The topological polar surface area (TPSA) is 148 Å². The highest BCUT2D eigenvalue weighted by atomic mass is 16.4. The molecular formula is C24H22N8O3. The summed E-state index contributed by atoms with van der Waals surface area (Å²) in [6.45, 7) is 4.73. The lowest BCUT2D eigenvalue weighted by atomic mass is 10.1. The minimum absolute atomic E-state index is 0.108. The van der Waals surface area contributed by atoms with Crippen molar-refractivity contribution in [1.82, 2.24) is 29.6 Å². The Morgan fingerprint density at radius 2 is 1.94 bits per heavy atom. The number of aryl methyl sites for hydroxylation is 2. The maximum Gasteiger partial charge on any atom is 0.407 e. The SMILES string of the molecule is Cc1cc(C)c2oc(Nc3ccc(-c4nn(C5CN(C(=O)O)C5)c5ncnc(N)c45)cc3)nc2c1. The van der Waals surface area contributed by atoms with Crippen LogP contribution >= 0.6 is 0 Å². The van der Waals surface area contributed by atoms with Gasteiger partial charge in [0.2, 0.25) is 0 Å². The number of fused-ring (bicyclic) bond motifs is 2. The first kappa shape index (κ1) is 20.9. The number of benzene rings is 2. The van der Waals surface area contributed by atoms with Gasteiger partial charge in [0.15, 0.2) is 11.2 Å². The van der Waals surface area contributed by atoms with E-state index >= 15 is 0 Å². The molecule has 2 aromatic carbocycles. The van der Waals surface area contributed by atoms with Crippen molar-refractivity contribution >= 4 is 45.7 Å². The maximum atomic E-state index is 11.2. The molecule has 0 radical (unpaired) electrons. The fourth-order valence-electron chi connectivity index (χ4n) is 4.48. The molecule has 0 saturated carbocycles. The number of oxazole rings is 1. The predicted octanol–water partition coefficient (Wildman–Crippen LogP) is 4.11. The standard InChI is InChI=1S/C24H22N8O3/c1-12-7-13(2)20-17(8-12)29-23(35-20)28-15-5-3-14(4-6-15)19-18-21(25)26-11-27-22(18)32(30-19)16-9-31(10-16)24(33)34/h3-8,11,16H,9-10H2,1-2H3,(H,28,29)(H,33,34)(H2,25,26,27). The first-order valence-electron chi connectivity index (χ1n) is 11.1. The van der Waals surface area contributed by atoms with E-state index in [-0.39, 0.29) is 6.04 Å². The summed E-state index contributed by atoms with van der Waals surface area (Å²) in [7, 11) is 0. The van der Waals surface area contributed by atoms with Gasteiger partial charge in [-0.25, -0.2) is 19.4 Å². The van der Waals surface area contributed by atoms with Crippen LogP contribution in [0.4, 0.5) is 22.3 Å². The Hall–Kier alpha value is -4.67. The molecule has 1 aliphatic heterocycles. The number of amides is 1. The summed E-state index contributed by atoms with van der Waals surface area (Å²) >= 11 is 0. The number of nitrogen functional groups attached to an aromatic ring is 1. The molecule has 4 heterocycles. The number of hydrogen-bond acceptors (Lipinski definition) is 8. The molecule has 0 spiro atoms. The Balaban J connectivity index is 1.31. The zero-order chi connectivity index (χ0) is 24.3. The van der Waals surface area contributed by atoms with Crippen LogP contribution < -0.4 is 11.1 Å². The molecule has 35 heavy (non-hydrogen) atoms. The third kappa shape index (κ3) is 3.48. The van der Waals surface area contributed by atoms with Gasteiger partial charge in [-0.2, -0.15) is 10.1 Å². The zero-order valence-corrected chi connectivity index (χ0v) is 19.1. The summed E-state index contributed by atoms with van der Waals surface area (Å²) in [6, 6.07) is 12.0. The largest absolute Gasteiger partial charge is 0.465 e. The Morgan fingerprint density at radius 1 is 1.17 bits per heavy atom. The molecule has 0 atom stereocenters. The first-order valence-corrected chi connectivity index (χ1v) is 11.1. The van der Waals surface area contributed by atoms with E-state index in [0.717, 1.165) is 33.5 Å². The molecule has 11 heteroatoms. The van der Waals surface area contributed by atoms with Gasteiger partial charge < -0.3 is 25.5 Å². The summed E-state index contributed by atoms with van der Waals surface area (Å²) in [6.07, 6.45) is 0.448. The van der Waals surface area contributed by atoms with Crippen LogP contribution in [0.5, 0.6) is 0 Å². The van der Waals surface area contributed by atoms with E-state index in [1.54, 1.807) is 4.68 Å². The van der Waals surface area contributed by atoms with Gasteiger partial charge in [0.05, 0.1) is 11.4 Å². The number of nitrogens with two attached hydrogens (primary N) is 1. The molecule has 0 bridgehead atoms. The van der Waals surface area contributed by atoms with Crippen molar-refractivity contribution in [2.75, 3.05) is 24.1 Å². The summed E-state index contributed by atoms with van der Waals surface area (Å²) in [5.41, 5.74) is 12.8. The lowest BCUT2D eigenvalue weighted by molar-refractivity contribution is 0.0827. The van der Waals surface area contributed by atoms with Crippen LogP contribution in [0.3, 0.4) is 0 Å². The van der Waals surface area contributed by atoms with Crippen LogP contribution in [0.1, 0.15) is 17.2 Å². The van der Waals surface area contributed by atoms with Crippen molar-refractivity contribution in [2.45, 2.75) is 19.9 Å². The number of aromatic nitrogens is 5. The highest BCUT2D eigenvalue weighted by molar-refractivity contribution is 5.98. The fourth-order valence-corrected chi connectivity index (χ4v) is 4.48. The smallest absolute Gasteiger partial charge is 0.407 e. The molecule has 11 nitrogen and oxygen atoms in total. The number of likely N-dealkylation sites (tertiary alicyclic amines) is 1. The van der Waals surface area contributed by atoms with Gasteiger partial charge in [0, 0.05) is 24.3 Å². The van der Waals surface area contributed by atoms with Crippen LogP contribution in [-0.2, 0) is 0 Å². The average Bonchev–Trinajstić information content (AvgIpc) is 3.36. The quantitative estimate of drug-likeness (QED) is 0.353. The summed E-state index contributed by atoms with van der Waals surface area (Å²) < 4.78 is 7.65. The highest BCUT2D eigenvalue weighted by Crippen LogP contribution is 2.34. The first-order chi connectivity index (χ1) is 16.9. The molecule has 1 amide bonds. The average molecular weight is 470 g/mol. The molecule has 0 unspecified atom stereocenters. The van der Waals surface area contributed by atoms with Gasteiger partial charge in [-0.3, -0.25) is 0 Å². The number of rotatable bonds is 4. The van der Waals surface area contributed by atoms with Gasteiger partial charge >= 0.3 is 6.09 Å². The number of carboxylic acid groups (broad SMARTS) is 1. The van der Waals surface area contributed by atoms with Crippen molar-refractivity contribution < 1.29 is 14.3 Å². The van der Waals surface area contributed by atoms with Crippen molar-refractivity contribution in [3.63, 3.8) is 0 Å². The van der Waals surface area contributed by atoms with E-state index in [9.17, 15) is 9.90 Å². The molecule has 3 aromatic heterocycles. The number of carbonyl (C=O) groups is 1. The van der Waals surface area contributed by atoms with Crippen molar-refractivity contribution in [2.24, 2.45) is 0 Å². The molecule has 1 saturated heterocycles. The molecule has 176 valence electrons. The highest BCUT2D eigenvalue weighted by Gasteiger charge is 2.34. The third-order valence-corrected chi connectivity index (χ3v) is 6.23. The van der Waals surface area contributed by atoms with E-state index in [1.165, 1.54) is 11.2 Å². The lowest BCUT2D eigenvalue weighted by Gasteiger charge is -2.36. The van der Waals surface area contributed by atoms with Gasteiger partial charge in [-0.05, 0) is 43.2 Å². The lowest BCUT2D eigenvalue weighted by Crippen LogP contribution is -2.50. The van der Waals surface area contributed by atoms with E-state index in [4.69, 9.17) is 15.2 Å². The number of nitrogens with one attached hydrogen (secondary N) is 1. The number of nitrogens with zero attached hydrogens (tertiary/aromatic N) is 6. The Labute approximate surface area is 199 Å². The summed E-state index contributed by atoms with van der Waals surface area (Å²) in [5, 5.41) is 17.8. The van der Waals surface area contributed by atoms with Crippen molar-refractivity contribution in [3.05, 3.63) is 53.9 Å². The fraction of sp³-hybridized carbons (Fsp3) is 0.208. The third-order valence-electron chi connectivity index (χ3n) is 6.23. The van der Waals surface area contributed by atoms with Crippen LogP contribution in [0, 0.1) is 13.8 Å².